The van der Waals surface area contributed by atoms with Gasteiger partial charge in [0.15, 0.2) is 0 Å². The Balaban J connectivity index is 0.000000804. The van der Waals surface area contributed by atoms with Gasteiger partial charge in [-0.05, 0) is 68.7 Å². The summed E-state index contributed by atoms with van der Waals surface area (Å²) in [7, 11) is 0. The number of rotatable bonds is 9. The highest BCUT2D eigenvalue weighted by Gasteiger charge is 2.04. The topological polar surface area (TPSA) is 111 Å². The van der Waals surface area contributed by atoms with Crippen LogP contribution >= 0.6 is 0 Å². The van der Waals surface area contributed by atoms with E-state index in [4.69, 9.17) is 15.2 Å². The van der Waals surface area contributed by atoms with Crippen LogP contribution in [-0.2, 0) is 4.74 Å². The predicted molar refractivity (Wildman–Crippen MR) is 124 cm³/mol. The molecule has 8 heteroatoms. The molecule has 0 unspecified atom stereocenters. The summed E-state index contributed by atoms with van der Waals surface area (Å²) in [5.74, 6) is 0. The highest BCUT2D eigenvalue weighted by atomic mass is 16.5. The van der Waals surface area contributed by atoms with Crippen molar-refractivity contribution < 1.29 is 4.74 Å². The summed E-state index contributed by atoms with van der Waals surface area (Å²) >= 11 is 0. The van der Waals surface area contributed by atoms with E-state index in [1.807, 2.05) is 10.2 Å². The van der Waals surface area contributed by atoms with Gasteiger partial charge in [-0.25, -0.2) is 0 Å². The maximum absolute atomic E-state index is 8.73. The van der Waals surface area contributed by atoms with Crippen LogP contribution in [0.1, 0.15) is 33.4 Å². The summed E-state index contributed by atoms with van der Waals surface area (Å²) in [6.45, 7) is 16.0. The molecule has 0 radical (unpaired) electrons. The molecule has 0 bridgehead atoms. The fourth-order valence-corrected chi connectivity index (χ4v) is 3.53. The Kier molecular flexibility index (Phi) is 11.0. The van der Waals surface area contributed by atoms with Crippen LogP contribution < -0.4 is 10.6 Å². The van der Waals surface area contributed by atoms with Crippen LogP contribution in [0.2, 0.25) is 0 Å². The standard InChI is InChI=1S/C22H32N2O.N4O/c1-15-11-17(3)21(18(4)12-15)23-7-9-25-10-8-24-22-19(5)13-16(2)14-20(22)6;1-2-3-4-5/h11-14,23-24H,7-10H2,1-6H3;. The molecule has 0 aliphatic carbocycles. The van der Waals surface area contributed by atoms with Gasteiger partial charge in [-0.2, -0.15) is 4.91 Å². The Morgan fingerprint density at radius 3 is 1.43 bits per heavy atom. The SMILES string of the molecule is Cc1cc(C)c(NCCOCCNc2c(C)cc(C)cc2C)c(C)c1.[N-]=[N+]=NN=O. The van der Waals surface area contributed by atoms with Gasteiger partial charge in [0.05, 0.1) is 18.4 Å². The molecule has 0 fully saturated rings. The second kappa shape index (κ2) is 13.2. The van der Waals surface area contributed by atoms with E-state index in [1.165, 1.54) is 44.8 Å². The monoisotopic (exact) mass is 412 g/mol. The normalized spacial score (nSPS) is 9.80. The molecule has 2 aromatic rings. The average Bonchev–Trinajstić information content (AvgIpc) is 2.65. The molecule has 2 N–H and O–H groups in total. The van der Waals surface area contributed by atoms with Gasteiger partial charge in [-0.3, -0.25) is 0 Å². The number of aryl methyl sites for hydroxylation is 6. The molecule has 0 heterocycles. The summed E-state index contributed by atoms with van der Waals surface area (Å²) in [4.78, 5) is 10.7. The number of benzene rings is 2. The van der Waals surface area contributed by atoms with Crippen LogP contribution in [0.5, 0.6) is 0 Å². The zero-order chi connectivity index (χ0) is 22.5. The molecule has 0 spiro atoms. The Morgan fingerprint density at radius 1 is 0.800 bits per heavy atom. The summed E-state index contributed by atoms with van der Waals surface area (Å²) in [5.41, 5.74) is 17.5. The van der Waals surface area contributed by atoms with Crippen molar-refractivity contribution in [1.29, 1.82) is 0 Å². The first-order valence-electron chi connectivity index (χ1n) is 9.88. The van der Waals surface area contributed by atoms with Gasteiger partial charge in [0.25, 0.3) is 0 Å². The molecule has 162 valence electrons. The van der Waals surface area contributed by atoms with Crippen molar-refractivity contribution in [2.24, 2.45) is 10.5 Å². The van der Waals surface area contributed by atoms with Crippen LogP contribution in [0.3, 0.4) is 0 Å². The van der Waals surface area contributed by atoms with Gasteiger partial charge >= 0.3 is 0 Å². The van der Waals surface area contributed by atoms with Crippen molar-refractivity contribution in [1.82, 2.24) is 0 Å². The Hall–Kier alpha value is -3.09. The van der Waals surface area contributed by atoms with Crippen LogP contribution in [-0.4, -0.2) is 26.3 Å². The number of nitrogens with one attached hydrogen (secondary N) is 2. The molecule has 0 saturated heterocycles. The maximum atomic E-state index is 8.73. The maximum Gasteiger partial charge on any atom is 0.235 e. The zero-order valence-corrected chi connectivity index (χ0v) is 18.7. The first-order chi connectivity index (χ1) is 14.3. The van der Waals surface area contributed by atoms with Gasteiger partial charge in [0.1, 0.15) is 0 Å². The van der Waals surface area contributed by atoms with Crippen LogP contribution in [0, 0.1) is 46.4 Å². The Bertz CT molecular complexity index is 784. The first kappa shape index (κ1) is 24.9. The molecule has 0 atom stereocenters. The van der Waals surface area contributed by atoms with E-state index in [9.17, 15) is 0 Å². The number of hydrogen-bond acceptors (Lipinski definition) is 4. The summed E-state index contributed by atoms with van der Waals surface area (Å²) in [6.07, 6.45) is 0. The molecule has 30 heavy (non-hydrogen) atoms. The summed E-state index contributed by atoms with van der Waals surface area (Å²) in [6, 6.07) is 8.86. The number of hydrogen-bond donors (Lipinski definition) is 2. The molecule has 0 aromatic heterocycles. The first-order valence-corrected chi connectivity index (χ1v) is 9.88. The van der Waals surface area contributed by atoms with Gasteiger partial charge in [0, 0.05) is 24.5 Å². The lowest BCUT2D eigenvalue weighted by atomic mass is 10.1. The highest BCUT2D eigenvalue weighted by molar-refractivity contribution is 5.58. The largest absolute Gasteiger partial charge is 0.382 e. The number of azide groups is 1. The second-order valence-electron chi connectivity index (χ2n) is 7.27. The van der Waals surface area contributed by atoms with Crippen LogP contribution in [0.25, 0.3) is 10.4 Å². The fraction of sp³-hybridized carbons (Fsp3) is 0.455. The minimum Gasteiger partial charge on any atom is -0.382 e. The third-order valence-corrected chi connectivity index (χ3v) is 4.53. The van der Waals surface area contributed by atoms with Gasteiger partial charge in [-0.15, -0.1) is 5.53 Å². The smallest absolute Gasteiger partial charge is 0.235 e. The van der Waals surface area contributed by atoms with E-state index in [0.29, 0.717) is 13.2 Å². The Labute approximate surface area is 178 Å². The molecule has 8 nitrogen and oxygen atoms in total. The summed E-state index contributed by atoms with van der Waals surface area (Å²) < 4.78 is 5.76. The third kappa shape index (κ3) is 8.51. The fourth-order valence-electron chi connectivity index (χ4n) is 3.53. The van der Waals surface area contributed by atoms with Gasteiger partial charge < -0.3 is 15.4 Å². The number of ether oxygens (including phenoxy) is 1. The van der Waals surface area contributed by atoms with Crippen molar-refractivity contribution >= 4 is 11.4 Å². The molecular formula is C22H32N6O2. The lowest BCUT2D eigenvalue weighted by Crippen LogP contribution is -2.16. The second-order valence-corrected chi connectivity index (χ2v) is 7.27. The van der Waals surface area contributed by atoms with E-state index in [2.05, 4.69) is 81.7 Å². The van der Waals surface area contributed by atoms with E-state index < -0.39 is 0 Å². The van der Waals surface area contributed by atoms with E-state index in [0.717, 1.165) is 13.1 Å². The number of nitrogens with zero attached hydrogens (tertiary/aromatic N) is 4. The van der Waals surface area contributed by atoms with Crippen molar-refractivity contribution in [3.8, 4) is 0 Å². The van der Waals surface area contributed by atoms with E-state index in [-0.39, 0.29) is 0 Å². The van der Waals surface area contributed by atoms with E-state index >= 15 is 0 Å². The van der Waals surface area contributed by atoms with Gasteiger partial charge in [-0.1, -0.05) is 35.4 Å². The van der Waals surface area contributed by atoms with Crippen LogP contribution in [0.4, 0.5) is 11.4 Å². The van der Waals surface area contributed by atoms with Crippen molar-refractivity contribution in [2.45, 2.75) is 41.5 Å². The quantitative estimate of drug-likeness (QED) is 0.130. The lowest BCUT2D eigenvalue weighted by molar-refractivity contribution is 0.154. The minimum absolute atomic E-state index is 0.709. The van der Waals surface area contributed by atoms with Gasteiger partial charge in [0.2, 0.25) is 5.29 Å². The van der Waals surface area contributed by atoms with Crippen molar-refractivity contribution in [3.63, 3.8) is 0 Å². The molecule has 2 aromatic carbocycles. The van der Waals surface area contributed by atoms with Crippen LogP contribution in [0.15, 0.2) is 34.8 Å². The molecule has 0 amide bonds. The van der Waals surface area contributed by atoms with Crippen molar-refractivity contribution in [3.05, 3.63) is 73.0 Å². The highest BCUT2D eigenvalue weighted by Crippen LogP contribution is 2.22. The van der Waals surface area contributed by atoms with Crippen molar-refractivity contribution in [2.75, 3.05) is 36.9 Å². The Morgan fingerprint density at radius 2 is 1.17 bits per heavy atom. The number of anilines is 2. The molecule has 0 aliphatic heterocycles. The minimum atomic E-state index is 0.709. The molecule has 0 aliphatic rings. The molecule has 0 saturated carbocycles. The zero-order valence-electron chi connectivity index (χ0n) is 18.7. The third-order valence-electron chi connectivity index (χ3n) is 4.53. The molecule has 2 rings (SSSR count). The average molecular weight is 413 g/mol. The summed E-state index contributed by atoms with van der Waals surface area (Å²) in [5, 5.41) is 11.0. The number of nitroso groups, excluding NO2 is 1. The molecular weight excluding hydrogens is 380 g/mol. The van der Waals surface area contributed by atoms with E-state index in [1.54, 1.807) is 0 Å². The predicted octanol–water partition coefficient (Wildman–Crippen LogP) is 6.06. The lowest BCUT2D eigenvalue weighted by Gasteiger charge is -2.15.